The fourth-order valence-corrected chi connectivity index (χ4v) is 3.60. The van der Waals surface area contributed by atoms with Crippen molar-refractivity contribution >= 4 is 17.8 Å². The van der Waals surface area contributed by atoms with Crippen LogP contribution >= 0.6 is 0 Å². The first-order valence-corrected chi connectivity index (χ1v) is 10.9. The van der Waals surface area contributed by atoms with Gasteiger partial charge in [-0.25, -0.2) is 14.8 Å². The van der Waals surface area contributed by atoms with Crippen LogP contribution < -0.4 is 10.2 Å². The van der Waals surface area contributed by atoms with Gasteiger partial charge in [0.2, 0.25) is 11.9 Å². The number of carbonyl (C=O) groups is 2. The molecule has 0 radical (unpaired) electrons. The van der Waals surface area contributed by atoms with Crippen LogP contribution in [0.25, 0.3) is 11.1 Å². The van der Waals surface area contributed by atoms with E-state index in [0.29, 0.717) is 18.8 Å². The number of hydrogen-bond donors (Lipinski definition) is 1. The fourth-order valence-electron chi connectivity index (χ4n) is 3.60. The first kappa shape index (κ1) is 25.9. The quantitative estimate of drug-likeness (QED) is 0.631. The first-order chi connectivity index (χ1) is 16.6. The van der Waals surface area contributed by atoms with Gasteiger partial charge in [0, 0.05) is 45.0 Å². The minimum atomic E-state index is -5.17. The summed E-state index contributed by atoms with van der Waals surface area (Å²) in [5.41, 5.74) is 2.47. The third kappa shape index (κ3) is 6.89. The molecule has 1 N–H and O–H groups in total. The number of nitrogens with one attached hydrogen (secondary N) is 1. The smallest absolute Gasteiger partial charge is 0.360 e. The van der Waals surface area contributed by atoms with Crippen LogP contribution in [0.3, 0.4) is 0 Å². The molecule has 35 heavy (non-hydrogen) atoms. The van der Waals surface area contributed by atoms with E-state index in [4.69, 9.17) is 0 Å². The lowest BCUT2D eigenvalue weighted by molar-refractivity contribution is -0.248. The third-order valence-electron chi connectivity index (χ3n) is 5.43. The van der Waals surface area contributed by atoms with Gasteiger partial charge in [-0.2, -0.15) is 18.4 Å². The Morgan fingerprint density at radius 3 is 2.43 bits per heavy atom. The number of anilines is 1. The SMILES string of the molecule is CN(C)c1ncc(-c2ccc(C[C@@H](C#N)NC(=O)[C@@H]3CCCCN3OC(=O)C(F)(F)F)cc2)cn1. The Kier molecular flexibility index (Phi) is 8.24. The van der Waals surface area contributed by atoms with Crippen molar-refractivity contribution in [2.45, 2.75) is 43.9 Å². The molecule has 1 aromatic carbocycles. The molecular weight excluding hydrogens is 465 g/mol. The minimum absolute atomic E-state index is 0.00216. The van der Waals surface area contributed by atoms with Gasteiger partial charge >= 0.3 is 12.1 Å². The van der Waals surface area contributed by atoms with Crippen LogP contribution in [0.15, 0.2) is 36.7 Å². The molecule has 0 bridgehead atoms. The molecule has 0 saturated carbocycles. The van der Waals surface area contributed by atoms with Crippen LogP contribution in [0.1, 0.15) is 24.8 Å². The number of aromatic nitrogens is 2. The minimum Gasteiger partial charge on any atom is -0.360 e. The summed E-state index contributed by atoms with van der Waals surface area (Å²) >= 11 is 0. The highest BCUT2D eigenvalue weighted by Gasteiger charge is 2.44. The summed E-state index contributed by atoms with van der Waals surface area (Å²) in [6, 6.07) is 7.29. The van der Waals surface area contributed by atoms with E-state index in [1.54, 1.807) is 17.3 Å². The second-order valence-corrected chi connectivity index (χ2v) is 8.29. The van der Waals surface area contributed by atoms with E-state index in [9.17, 15) is 28.0 Å². The Balaban J connectivity index is 1.62. The van der Waals surface area contributed by atoms with Crippen LogP contribution in [0.5, 0.6) is 0 Å². The number of alkyl halides is 3. The maximum Gasteiger partial charge on any atom is 0.492 e. The number of halogens is 3. The zero-order valence-corrected chi connectivity index (χ0v) is 19.2. The molecule has 1 saturated heterocycles. The van der Waals surface area contributed by atoms with Gasteiger partial charge in [0.25, 0.3) is 0 Å². The van der Waals surface area contributed by atoms with E-state index in [0.717, 1.165) is 21.8 Å². The third-order valence-corrected chi connectivity index (χ3v) is 5.43. The van der Waals surface area contributed by atoms with Crippen molar-refractivity contribution in [3.63, 3.8) is 0 Å². The van der Waals surface area contributed by atoms with Crippen molar-refractivity contribution in [3.05, 3.63) is 42.2 Å². The van der Waals surface area contributed by atoms with Crippen molar-refractivity contribution in [2.75, 3.05) is 25.5 Å². The summed E-state index contributed by atoms with van der Waals surface area (Å²) in [5.74, 6) is -2.46. The number of hydroxylamine groups is 2. The van der Waals surface area contributed by atoms with Gasteiger partial charge in [-0.05, 0) is 30.4 Å². The van der Waals surface area contributed by atoms with Gasteiger partial charge < -0.3 is 15.1 Å². The van der Waals surface area contributed by atoms with Crippen molar-refractivity contribution in [1.82, 2.24) is 20.3 Å². The lowest BCUT2D eigenvalue weighted by Gasteiger charge is -2.33. The highest BCUT2D eigenvalue weighted by Crippen LogP contribution is 2.23. The Morgan fingerprint density at radius 1 is 1.20 bits per heavy atom. The number of rotatable bonds is 7. The summed E-state index contributed by atoms with van der Waals surface area (Å²) in [7, 11) is 3.68. The normalized spacial score (nSPS) is 17.2. The highest BCUT2D eigenvalue weighted by atomic mass is 19.4. The maximum atomic E-state index is 12.7. The van der Waals surface area contributed by atoms with Crippen molar-refractivity contribution < 1.29 is 27.6 Å². The van der Waals surface area contributed by atoms with Gasteiger partial charge in [0.05, 0.1) is 6.07 Å². The molecule has 2 aromatic rings. The maximum absolute atomic E-state index is 12.7. The summed E-state index contributed by atoms with van der Waals surface area (Å²) in [4.78, 5) is 38.7. The summed E-state index contributed by atoms with van der Waals surface area (Å²) in [6.45, 7) is -0.00216. The monoisotopic (exact) mass is 490 g/mol. The Morgan fingerprint density at radius 2 is 1.86 bits per heavy atom. The number of nitrogens with zero attached hydrogens (tertiary/aromatic N) is 5. The van der Waals surface area contributed by atoms with Crippen LogP contribution in [-0.4, -0.2) is 65.8 Å². The fraction of sp³-hybridized carbons (Fsp3) is 0.435. The number of hydrogen-bond acceptors (Lipinski definition) is 8. The van der Waals surface area contributed by atoms with Gasteiger partial charge in [-0.1, -0.05) is 24.3 Å². The predicted molar refractivity (Wildman–Crippen MR) is 120 cm³/mol. The van der Waals surface area contributed by atoms with Crippen LogP contribution in [-0.2, 0) is 20.8 Å². The lowest BCUT2D eigenvalue weighted by Crippen LogP contribution is -2.53. The number of piperidine rings is 1. The molecule has 9 nitrogen and oxygen atoms in total. The van der Waals surface area contributed by atoms with Gasteiger partial charge in [0.1, 0.15) is 12.1 Å². The van der Waals surface area contributed by atoms with E-state index in [1.807, 2.05) is 44.4 Å². The average molecular weight is 490 g/mol. The zero-order chi connectivity index (χ0) is 25.6. The average Bonchev–Trinajstić information content (AvgIpc) is 2.83. The molecule has 3 rings (SSSR count). The molecule has 0 unspecified atom stereocenters. The van der Waals surface area contributed by atoms with Gasteiger partial charge in [0.15, 0.2) is 0 Å². The molecule has 1 amide bonds. The molecule has 2 atom stereocenters. The van der Waals surface area contributed by atoms with E-state index < -0.39 is 30.1 Å². The summed E-state index contributed by atoms with van der Waals surface area (Å²) in [5, 5.41) is 12.8. The molecule has 2 heterocycles. The van der Waals surface area contributed by atoms with Crippen LogP contribution in [0.4, 0.5) is 19.1 Å². The number of nitriles is 1. The summed E-state index contributed by atoms with van der Waals surface area (Å²) in [6.07, 6.45) is -0.303. The molecule has 12 heteroatoms. The first-order valence-electron chi connectivity index (χ1n) is 10.9. The molecule has 1 aliphatic heterocycles. The Labute approximate surface area is 200 Å². The van der Waals surface area contributed by atoms with E-state index in [2.05, 4.69) is 20.1 Å². The molecule has 0 aliphatic carbocycles. The molecule has 1 fully saturated rings. The second kappa shape index (κ2) is 11.1. The topological polar surface area (TPSA) is 111 Å². The molecule has 0 spiro atoms. The van der Waals surface area contributed by atoms with Gasteiger partial charge in [-0.3, -0.25) is 4.79 Å². The highest BCUT2D eigenvalue weighted by molar-refractivity contribution is 5.83. The van der Waals surface area contributed by atoms with Crippen molar-refractivity contribution in [3.8, 4) is 17.2 Å². The van der Waals surface area contributed by atoms with E-state index in [-0.39, 0.29) is 19.4 Å². The number of amides is 1. The lowest BCUT2D eigenvalue weighted by atomic mass is 10.0. The van der Waals surface area contributed by atoms with E-state index >= 15 is 0 Å². The van der Waals surface area contributed by atoms with E-state index in [1.165, 1.54) is 0 Å². The summed E-state index contributed by atoms with van der Waals surface area (Å²) < 4.78 is 37.7. The second-order valence-electron chi connectivity index (χ2n) is 8.29. The predicted octanol–water partition coefficient (Wildman–Crippen LogP) is 2.64. The number of benzene rings is 1. The largest absolute Gasteiger partial charge is 0.492 e. The van der Waals surface area contributed by atoms with Crippen LogP contribution in [0.2, 0.25) is 0 Å². The molecule has 186 valence electrons. The Bertz CT molecular complexity index is 1070. The Hall–Kier alpha value is -3.72. The number of carbonyl (C=O) groups excluding carboxylic acids is 2. The molecular formula is C23H25F3N6O3. The standard InChI is InChI=1S/C23H25F3N6O3/c1-31(2)22-28-13-17(14-29-22)16-8-6-15(7-9-16)11-18(12-27)30-20(33)19-5-3-4-10-32(19)35-21(34)23(24,25)26/h6-9,13-14,18-19H,3-5,10-11H2,1-2H3,(H,30,33)/t18-,19-/m0/s1. The molecule has 1 aliphatic rings. The van der Waals surface area contributed by atoms with Crippen molar-refractivity contribution in [2.24, 2.45) is 0 Å². The molecule has 1 aromatic heterocycles. The van der Waals surface area contributed by atoms with Crippen LogP contribution in [0, 0.1) is 11.3 Å². The van der Waals surface area contributed by atoms with Gasteiger partial charge in [-0.15, -0.1) is 5.06 Å². The zero-order valence-electron chi connectivity index (χ0n) is 19.2. The van der Waals surface area contributed by atoms with Crippen molar-refractivity contribution in [1.29, 1.82) is 5.26 Å².